The van der Waals surface area contributed by atoms with Crippen LogP contribution < -0.4 is 10.6 Å². The van der Waals surface area contributed by atoms with E-state index in [0.29, 0.717) is 17.0 Å². The van der Waals surface area contributed by atoms with E-state index in [2.05, 4.69) is 21.9 Å². The van der Waals surface area contributed by atoms with Gasteiger partial charge in [-0.05, 0) is 44.0 Å². The second kappa shape index (κ2) is 5.09. The summed E-state index contributed by atoms with van der Waals surface area (Å²) < 4.78 is 5.04. The van der Waals surface area contributed by atoms with Crippen molar-refractivity contribution in [1.29, 1.82) is 0 Å². The third kappa shape index (κ3) is 2.20. The lowest BCUT2D eigenvalue weighted by molar-refractivity contribution is 0.102. The normalized spacial score (nSPS) is 13.9. The van der Waals surface area contributed by atoms with E-state index in [1.54, 1.807) is 13.8 Å². The number of amides is 1. The summed E-state index contributed by atoms with van der Waals surface area (Å²) in [6, 6.07) is 6.02. The third-order valence-electron chi connectivity index (χ3n) is 3.65. The van der Waals surface area contributed by atoms with Gasteiger partial charge in [0, 0.05) is 12.2 Å². The molecule has 0 unspecified atom stereocenters. The Bertz CT molecular complexity index is 642. The molecular formula is C15H17N3O2. The first-order chi connectivity index (χ1) is 9.66. The van der Waals surface area contributed by atoms with Crippen LogP contribution in [-0.4, -0.2) is 17.6 Å². The van der Waals surface area contributed by atoms with Crippen LogP contribution in [0.15, 0.2) is 22.7 Å². The quantitative estimate of drug-likeness (QED) is 0.878. The molecule has 1 aliphatic heterocycles. The molecule has 2 N–H and O–H groups in total. The van der Waals surface area contributed by atoms with Gasteiger partial charge in [0.1, 0.15) is 11.3 Å². The van der Waals surface area contributed by atoms with Crippen LogP contribution in [0, 0.1) is 13.8 Å². The Morgan fingerprint density at radius 3 is 3.00 bits per heavy atom. The highest BCUT2D eigenvalue weighted by Crippen LogP contribution is 2.24. The maximum absolute atomic E-state index is 12.4. The molecule has 0 atom stereocenters. The van der Waals surface area contributed by atoms with Gasteiger partial charge in [0.05, 0.1) is 5.69 Å². The lowest BCUT2D eigenvalue weighted by Gasteiger charge is -2.20. The first kappa shape index (κ1) is 12.9. The predicted octanol–water partition coefficient (Wildman–Crippen LogP) is 2.19. The first-order valence-electron chi connectivity index (χ1n) is 6.72. The molecule has 0 aliphatic carbocycles. The van der Waals surface area contributed by atoms with E-state index in [9.17, 15) is 4.79 Å². The highest BCUT2D eigenvalue weighted by molar-refractivity contribution is 6.06. The molecule has 2 aromatic rings. The Balaban J connectivity index is 1.90. The van der Waals surface area contributed by atoms with Crippen LogP contribution in [0.3, 0.4) is 0 Å². The topological polar surface area (TPSA) is 67.2 Å². The van der Waals surface area contributed by atoms with Gasteiger partial charge in [0.25, 0.3) is 5.91 Å². The average molecular weight is 271 g/mol. The van der Waals surface area contributed by atoms with E-state index in [0.717, 1.165) is 25.2 Å². The number of carbonyl (C=O) groups excluding carboxylic acids is 1. The van der Waals surface area contributed by atoms with Gasteiger partial charge in [-0.25, -0.2) is 0 Å². The number of benzene rings is 1. The maximum atomic E-state index is 12.4. The number of nitrogens with one attached hydrogen (secondary N) is 2. The van der Waals surface area contributed by atoms with Crippen molar-refractivity contribution in [2.45, 2.75) is 26.8 Å². The molecular weight excluding hydrogens is 254 g/mol. The monoisotopic (exact) mass is 271 g/mol. The summed E-state index contributed by atoms with van der Waals surface area (Å²) in [6.07, 6.45) is 0.990. The van der Waals surface area contributed by atoms with E-state index in [1.807, 2.05) is 12.1 Å². The van der Waals surface area contributed by atoms with Crippen LogP contribution in [0.1, 0.15) is 32.9 Å². The van der Waals surface area contributed by atoms with Crippen LogP contribution >= 0.6 is 0 Å². The van der Waals surface area contributed by atoms with Crippen LogP contribution in [-0.2, 0) is 13.0 Å². The summed E-state index contributed by atoms with van der Waals surface area (Å²) >= 11 is 0. The second-order valence-corrected chi connectivity index (χ2v) is 5.02. The molecule has 3 rings (SSSR count). The minimum absolute atomic E-state index is 0.166. The summed E-state index contributed by atoms with van der Waals surface area (Å²) in [5.74, 6) is 0.378. The largest absolute Gasteiger partial charge is 0.361 e. The minimum Gasteiger partial charge on any atom is -0.361 e. The summed E-state index contributed by atoms with van der Waals surface area (Å²) in [4.78, 5) is 12.4. The van der Waals surface area contributed by atoms with Crippen LogP contribution in [0.25, 0.3) is 0 Å². The molecule has 0 saturated heterocycles. The number of nitrogens with zero attached hydrogens (tertiary/aromatic N) is 1. The smallest absolute Gasteiger partial charge is 0.261 e. The fourth-order valence-corrected chi connectivity index (χ4v) is 2.62. The van der Waals surface area contributed by atoms with Gasteiger partial charge in [0.2, 0.25) is 0 Å². The van der Waals surface area contributed by atoms with Crippen molar-refractivity contribution in [1.82, 2.24) is 10.5 Å². The lowest BCUT2D eigenvalue weighted by atomic mass is 9.99. The Kier molecular flexibility index (Phi) is 3.28. The van der Waals surface area contributed by atoms with Crippen molar-refractivity contribution in [2.24, 2.45) is 0 Å². The number of aryl methyl sites for hydroxylation is 2. The SMILES string of the molecule is Cc1noc(C)c1C(=O)Nc1cccc2c1CNCC2. The number of anilines is 1. The number of aromatic nitrogens is 1. The standard InChI is InChI=1S/C15H17N3O2/c1-9-14(10(2)20-18-9)15(19)17-13-5-3-4-11-6-7-16-8-12(11)13/h3-5,16H,6-8H2,1-2H3,(H,17,19). The highest BCUT2D eigenvalue weighted by atomic mass is 16.5. The van der Waals surface area contributed by atoms with Crippen molar-refractivity contribution in [3.05, 3.63) is 46.3 Å². The molecule has 1 aromatic heterocycles. The number of rotatable bonds is 2. The molecule has 0 saturated carbocycles. The number of fused-ring (bicyclic) bond motifs is 1. The Morgan fingerprint density at radius 2 is 2.25 bits per heavy atom. The Hall–Kier alpha value is -2.14. The van der Waals surface area contributed by atoms with Gasteiger partial charge in [-0.15, -0.1) is 0 Å². The van der Waals surface area contributed by atoms with E-state index in [-0.39, 0.29) is 5.91 Å². The third-order valence-corrected chi connectivity index (χ3v) is 3.65. The molecule has 104 valence electrons. The second-order valence-electron chi connectivity index (χ2n) is 5.02. The molecule has 0 spiro atoms. The fraction of sp³-hybridized carbons (Fsp3) is 0.333. The summed E-state index contributed by atoms with van der Waals surface area (Å²) in [5, 5.41) is 10.1. The highest BCUT2D eigenvalue weighted by Gasteiger charge is 2.20. The molecule has 0 radical (unpaired) electrons. The van der Waals surface area contributed by atoms with E-state index in [1.165, 1.54) is 11.1 Å². The predicted molar refractivity (Wildman–Crippen MR) is 75.8 cm³/mol. The molecule has 5 nitrogen and oxygen atoms in total. The zero-order chi connectivity index (χ0) is 14.1. The fourth-order valence-electron chi connectivity index (χ4n) is 2.62. The van der Waals surface area contributed by atoms with E-state index < -0.39 is 0 Å². The number of hydrogen-bond acceptors (Lipinski definition) is 4. The van der Waals surface area contributed by atoms with E-state index in [4.69, 9.17) is 4.52 Å². The molecule has 1 aliphatic rings. The van der Waals surface area contributed by atoms with Crippen LogP contribution in [0.5, 0.6) is 0 Å². The zero-order valence-electron chi connectivity index (χ0n) is 11.6. The first-order valence-corrected chi connectivity index (χ1v) is 6.72. The molecule has 2 heterocycles. The molecule has 1 aromatic carbocycles. The summed E-state index contributed by atoms with van der Waals surface area (Å²) in [7, 11) is 0. The lowest BCUT2D eigenvalue weighted by Crippen LogP contribution is -2.25. The average Bonchev–Trinajstić information content (AvgIpc) is 2.78. The summed E-state index contributed by atoms with van der Waals surface area (Å²) in [6.45, 7) is 5.28. The molecule has 0 bridgehead atoms. The van der Waals surface area contributed by atoms with Crippen LogP contribution in [0.4, 0.5) is 5.69 Å². The van der Waals surface area contributed by atoms with Gasteiger partial charge < -0.3 is 15.2 Å². The molecule has 20 heavy (non-hydrogen) atoms. The Labute approximate surface area is 117 Å². The number of hydrogen-bond donors (Lipinski definition) is 2. The van der Waals surface area contributed by atoms with Crippen LogP contribution in [0.2, 0.25) is 0 Å². The van der Waals surface area contributed by atoms with Gasteiger partial charge in [0.15, 0.2) is 0 Å². The zero-order valence-corrected chi connectivity index (χ0v) is 11.6. The van der Waals surface area contributed by atoms with Crippen molar-refractivity contribution in [3.63, 3.8) is 0 Å². The van der Waals surface area contributed by atoms with Gasteiger partial charge in [-0.2, -0.15) is 0 Å². The van der Waals surface area contributed by atoms with Gasteiger partial charge in [-0.1, -0.05) is 17.3 Å². The maximum Gasteiger partial charge on any atom is 0.261 e. The minimum atomic E-state index is -0.166. The van der Waals surface area contributed by atoms with Crippen molar-refractivity contribution >= 4 is 11.6 Å². The van der Waals surface area contributed by atoms with Crippen molar-refractivity contribution in [3.8, 4) is 0 Å². The molecule has 0 fully saturated rings. The van der Waals surface area contributed by atoms with Crippen molar-refractivity contribution in [2.75, 3.05) is 11.9 Å². The molecule has 1 amide bonds. The van der Waals surface area contributed by atoms with Crippen molar-refractivity contribution < 1.29 is 9.32 Å². The molecule has 5 heteroatoms. The number of carbonyl (C=O) groups is 1. The van der Waals surface area contributed by atoms with Gasteiger partial charge >= 0.3 is 0 Å². The van der Waals surface area contributed by atoms with Gasteiger partial charge in [-0.3, -0.25) is 4.79 Å². The Morgan fingerprint density at radius 1 is 1.40 bits per heavy atom. The summed E-state index contributed by atoms with van der Waals surface area (Å²) in [5.41, 5.74) is 4.45. The van der Waals surface area contributed by atoms with E-state index >= 15 is 0 Å².